The van der Waals surface area contributed by atoms with E-state index in [0.717, 1.165) is 24.0 Å². The molecule has 0 aliphatic carbocycles. The van der Waals surface area contributed by atoms with E-state index in [-0.39, 0.29) is 10.8 Å². The maximum absolute atomic E-state index is 12.4. The lowest BCUT2D eigenvalue weighted by Crippen LogP contribution is -2.31. The van der Waals surface area contributed by atoms with Crippen molar-refractivity contribution in [3.8, 4) is 0 Å². The van der Waals surface area contributed by atoms with Gasteiger partial charge in [0.25, 0.3) is 15.9 Å². The van der Waals surface area contributed by atoms with Gasteiger partial charge in [0, 0.05) is 17.8 Å². The van der Waals surface area contributed by atoms with Crippen LogP contribution >= 0.6 is 0 Å². The summed E-state index contributed by atoms with van der Waals surface area (Å²) in [5.74, 6) is -0.167. The van der Waals surface area contributed by atoms with Crippen molar-refractivity contribution in [2.24, 2.45) is 0 Å². The van der Waals surface area contributed by atoms with Gasteiger partial charge in [-0.25, -0.2) is 8.42 Å². The molecule has 1 aliphatic rings. The van der Waals surface area contributed by atoms with Gasteiger partial charge in [0.2, 0.25) is 0 Å². The number of carbonyl (C=O) groups is 1. The molecule has 23 heavy (non-hydrogen) atoms. The SMILES string of the molecule is CCc1ccc(S(=O)(=O)Nc2ccc3c(c2)C(=O)NCC3)cc1. The number of rotatable bonds is 4. The molecule has 3 rings (SSSR count). The Labute approximate surface area is 135 Å². The molecule has 120 valence electrons. The zero-order valence-electron chi connectivity index (χ0n) is 12.8. The van der Waals surface area contributed by atoms with E-state index in [9.17, 15) is 13.2 Å². The van der Waals surface area contributed by atoms with E-state index >= 15 is 0 Å². The van der Waals surface area contributed by atoms with Crippen LogP contribution in [-0.2, 0) is 22.9 Å². The molecule has 0 aromatic heterocycles. The minimum absolute atomic E-state index is 0.167. The van der Waals surface area contributed by atoms with Crippen LogP contribution in [0, 0.1) is 0 Å². The van der Waals surface area contributed by atoms with Gasteiger partial charge in [0.15, 0.2) is 0 Å². The van der Waals surface area contributed by atoms with Crippen molar-refractivity contribution in [1.29, 1.82) is 0 Å². The van der Waals surface area contributed by atoms with E-state index in [2.05, 4.69) is 10.0 Å². The molecule has 0 saturated heterocycles. The van der Waals surface area contributed by atoms with Crippen molar-refractivity contribution in [3.63, 3.8) is 0 Å². The van der Waals surface area contributed by atoms with Crippen LogP contribution in [0.3, 0.4) is 0 Å². The van der Waals surface area contributed by atoms with Crippen molar-refractivity contribution in [3.05, 3.63) is 59.2 Å². The number of carbonyl (C=O) groups excluding carboxylic acids is 1. The molecule has 5 nitrogen and oxygen atoms in total. The molecule has 2 N–H and O–H groups in total. The van der Waals surface area contributed by atoms with Gasteiger partial charge in [0.05, 0.1) is 4.90 Å². The standard InChI is InChI=1S/C17H18N2O3S/c1-2-12-3-7-15(8-4-12)23(21,22)19-14-6-5-13-9-10-18-17(20)16(13)11-14/h3-8,11,19H,2,9-10H2,1H3,(H,18,20). The average molecular weight is 330 g/mol. The highest BCUT2D eigenvalue weighted by molar-refractivity contribution is 7.92. The molecule has 0 radical (unpaired) electrons. The third-order valence-corrected chi connectivity index (χ3v) is 5.33. The van der Waals surface area contributed by atoms with Crippen LogP contribution in [0.15, 0.2) is 47.4 Å². The molecule has 0 atom stereocenters. The second-order valence-corrected chi connectivity index (χ2v) is 7.16. The second kappa shape index (κ2) is 6.04. The summed E-state index contributed by atoms with van der Waals surface area (Å²) in [6.45, 7) is 2.63. The summed E-state index contributed by atoms with van der Waals surface area (Å²) < 4.78 is 27.4. The summed E-state index contributed by atoms with van der Waals surface area (Å²) >= 11 is 0. The van der Waals surface area contributed by atoms with Gasteiger partial charge in [0.1, 0.15) is 0 Å². The zero-order valence-corrected chi connectivity index (χ0v) is 13.6. The number of hydrogen-bond acceptors (Lipinski definition) is 3. The molecular weight excluding hydrogens is 312 g/mol. The first-order chi connectivity index (χ1) is 11.0. The minimum Gasteiger partial charge on any atom is -0.352 e. The molecule has 0 bridgehead atoms. The normalized spacial score (nSPS) is 14.0. The quantitative estimate of drug-likeness (QED) is 0.903. The van der Waals surface area contributed by atoms with Crippen LogP contribution in [0.5, 0.6) is 0 Å². The van der Waals surface area contributed by atoms with E-state index in [1.165, 1.54) is 0 Å². The van der Waals surface area contributed by atoms with Crippen molar-refractivity contribution in [1.82, 2.24) is 5.32 Å². The Morgan fingerprint density at radius 3 is 2.57 bits per heavy atom. The van der Waals surface area contributed by atoms with Crippen LogP contribution in [-0.4, -0.2) is 20.9 Å². The molecule has 2 aromatic carbocycles. The molecule has 6 heteroatoms. The fourth-order valence-electron chi connectivity index (χ4n) is 2.59. The first kappa shape index (κ1) is 15.6. The summed E-state index contributed by atoms with van der Waals surface area (Å²) in [4.78, 5) is 12.1. The predicted molar refractivity (Wildman–Crippen MR) is 89.1 cm³/mol. The Balaban J connectivity index is 1.88. The Morgan fingerprint density at radius 1 is 1.13 bits per heavy atom. The van der Waals surface area contributed by atoms with E-state index < -0.39 is 10.0 Å². The van der Waals surface area contributed by atoms with Gasteiger partial charge in [-0.05, 0) is 48.2 Å². The average Bonchev–Trinajstić information content (AvgIpc) is 2.55. The fourth-order valence-corrected chi connectivity index (χ4v) is 3.64. The maximum atomic E-state index is 12.4. The highest BCUT2D eigenvalue weighted by Gasteiger charge is 2.19. The third-order valence-electron chi connectivity index (χ3n) is 3.93. The topological polar surface area (TPSA) is 75.3 Å². The molecule has 1 heterocycles. The molecule has 1 aliphatic heterocycles. The first-order valence-corrected chi connectivity index (χ1v) is 9.01. The Bertz CT molecular complexity index is 843. The van der Waals surface area contributed by atoms with Crippen molar-refractivity contribution < 1.29 is 13.2 Å². The number of amides is 1. The van der Waals surface area contributed by atoms with Gasteiger partial charge >= 0.3 is 0 Å². The van der Waals surface area contributed by atoms with Crippen LogP contribution < -0.4 is 10.0 Å². The lowest BCUT2D eigenvalue weighted by molar-refractivity contribution is 0.0946. The highest BCUT2D eigenvalue weighted by Crippen LogP contribution is 2.22. The lowest BCUT2D eigenvalue weighted by Gasteiger charge is -2.17. The molecular formula is C17H18N2O3S. The number of benzene rings is 2. The van der Waals surface area contributed by atoms with E-state index in [1.54, 1.807) is 42.5 Å². The molecule has 0 unspecified atom stereocenters. The Hall–Kier alpha value is -2.34. The smallest absolute Gasteiger partial charge is 0.261 e. The number of fused-ring (bicyclic) bond motifs is 1. The lowest BCUT2D eigenvalue weighted by atomic mass is 10.00. The van der Waals surface area contributed by atoms with Gasteiger partial charge < -0.3 is 5.32 Å². The molecule has 0 spiro atoms. The van der Waals surface area contributed by atoms with E-state index in [1.807, 2.05) is 6.92 Å². The third kappa shape index (κ3) is 3.22. The van der Waals surface area contributed by atoms with Gasteiger partial charge in [-0.1, -0.05) is 25.1 Å². The van der Waals surface area contributed by atoms with Crippen LogP contribution in [0.2, 0.25) is 0 Å². The summed E-state index contributed by atoms with van der Waals surface area (Å²) in [6.07, 6.45) is 1.61. The minimum atomic E-state index is -3.66. The summed E-state index contributed by atoms with van der Waals surface area (Å²) in [6, 6.07) is 11.9. The molecule has 1 amide bonds. The largest absolute Gasteiger partial charge is 0.352 e. The van der Waals surface area contributed by atoms with Crippen LogP contribution in [0.1, 0.15) is 28.4 Å². The van der Waals surface area contributed by atoms with Gasteiger partial charge in [-0.3, -0.25) is 9.52 Å². The maximum Gasteiger partial charge on any atom is 0.261 e. The highest BCUT2D eigenvalue weighted by atomic mass is 32.2. The summed E-state index contributed by atoms with van der Waals surface area (Å²) in [5.41, 5.74) is 2.93. The number of sulfonamides is 1. The number of aryl methyl sites for hydroxylation is 1. The number of hydrogen-bond donors (Lipinski definition) is 2. The first-order valence-electron chi connectivity index (χ1n) is 7.52. The molecule has 0 fully saturated rings. The van der Waals surface area contributed by atoms with E-state index in [4.69, 9.17) is 0 Å². The monoisotopic (exact) mass is 330 g/mol. The van der Waals surface area contributed by atoms with Crippen LogP contribution in [0.4, 0.5) is 5.69 Å². The Kier molecular flexibility index (Phi) is 4.09. The van der Waals surface area contributed by atoms with Gasteiger partial charge in [-0.15, -0.1) is 0 Å². The fraction of sp³-hybridized carbons (Fsp3) is 0.235. The van der Waals surface area contributed by atoms with Crippen molar-refractivity contribution in [2.45, 2.75) is 24.7 Å². The number of anilines is 1. The van der Waals surface area contributed by atoms with Crippen molar-refractivity contribution in [2.75, 3.05) is 11.3 Å². The van der Waals surface area contributed by atoms with E-state index in [0.29, 0.717) is 17.8 Å². The van der Waals surface area contributed by atoms with Crippen molar-refractivity contribution >= 4 is 21.6 Å². The van der Waals surface area contributed by atoms with Crippen LogP contribution in [0.25, 0.3) is 0 Å². The van der Waals surface area contributed by atoms with Gasteiger partial charge in [-0.2, -0.15) is 0 Å². The summed E-state index contributed by atoms with van der Waals surface area (Å²) in [5, 5.41) is 2.76. The number of nitrogens with one attached hydrogen (secondary N) is 2. The second-order valence-electron chi connectivity index (χ2n) is 5.48. The predicted octanol–water partition coefficient (Wildman–Crippen LogP) is 2.34. The zero-order chi connectivity index (χ0) is 16.4. The molecule has 0 saturated carbocycles. The molecule has 2 aromatic rings. The summed E-state index contributed by atoms with van der Waals surface area (Å²) in [7, 11) is -3.66. The Morgan fingerprint density at radius 2 is 1.87 bits per heavy atom.